The summed E-state index contributed by atoms with van der Waals surface area (Å²) >= 11 is 5.88. The third-order valence-electron chi connectivity index (χ3n) is 6.55. The highest BCUT2D eigenvalue weighted by molar-refractivity contribution is 7.80. The molecule has 0 aromatic carbocycles. The molecular formula is C24H27N5S. The van der Waals surface area contributed by atoms with Gasteiger partial charge in [0.05, 0.1) is 29.7 Å². The van der Waals surface area contributed by atoms with Gasteiger partial charge in [-0.3, -0.25) is 9.97 Å². The molecule has 0 bridgehead atoms. The molecule has 4 heterocycles. The van der Waals surface area contributed by atoms with Gasteiger partial charge in [-0.15, -0.1) is 0 Å². The first-order valence-corrected chi connectivity index (χ1v) is 11.1. The first kappa shape index (κ1) is 19.2. The second-order valence-corrected chi connectivity index (χ2v) is 8.73. The first-order chi connectivity index (χ1) is 14.6. The van der Waals surface area contributed by atoms with Crippen LogP contribution in [0.4, 0.5) is 0 Å². The van der Waals surface area contributed by atoms with Crippen LogP contribution in [-0.4, -0.2) is 30.6 Å². The van der Waals surface area contributed by atoms with Crippen LogP contribution in [0.3, 0.4) is 0 Å². The predicted molar refractivity (Wildman–Crippen MR) is 123 cm³/mol. The Balaban J connectivity index is 1.64. The highest BCUT2D eigenvalue weighted by atomic mass is 32.1. The van der Waals surface area contributed by atoms with E-state index >= 15 is 0 Å². The fourth-order valence-corrected chi connectivity index (χ4v) is 5.63. The molecule has 2 aliphatic rings. The van der Waals surface area contributed by atoms with E-state index in [2.05, 4.69) is 62.9 Å². The third kappa shape index (κ3) is 3.19. The monoisotopic (exact) mass is 417 g/mol. The van der Waals surface area contributed by atoms with E-state index in [1.807, 2.05) is 30.7 Å². The molecule has 1 aliphatic heterocycles. The highest BCUT2D eigenvalue weighted by Gasteiger charge is 2.44. The maximum absolute atomic E-state index is 5.88. The number of aryl methyl sites for hydroxylation is 1. The van der Waals surface area contributed by atoms with Crippen LogP contribution in [0, 0.1) is 13.8 Å². The Labute approximate surface area is 183 Å². The van der Waals surface area contributed by atoms with Crippen LogP contribution in [0.5, 0.6) is 0 Å². The summed E-state index contributed by atoms with van der Waals surface area (Å²) in [6.07, 6.45) is 10.6. The lowest BCUT2D eigenvalue weighted by atomic mass is 9.95. The minimum atomic E-state index is 0.0437. The summed E-state index contributed by atoms with van der Waals surface area (Å²) in [4.78, 5) is 11.5. The van der Waals surface area contributed by atoms with Gasteiger partial charge in [0.15, 0.2) is 5.11 Å². The van der Waals surface area contributed by atoms with E-state index in [4.69, 9.17) is 12.2 Å². The fraction of sp³-hybridized carbons (Fsp3) is 0.375. The number of rotatable bonds is 4. The summed E-state index contributed by atoms with van der Waals surface area (Å²) in [5.41, 5.74) is 5.89. The smallest absolute Gasteiger partial charge is 0.170 e. The average molecular weight is 418 g/mol. The van der Waals surface area contributed by atoms with E-state index in [0.717, 1.165) is 16.5 Å². The SMILES string of the molecule is Cc1cc(C2C(c3ccccn3)NC(=S)N2C2CCCC2)c(C)n1-c1cccnc1. The van der Waals surface area contributed by atoms with Gasteiger partial charge in [-0.05, 0) is 74.8 Å². The molecule has 2 fully saturated rings. The summed E-state index contributed by atoms with van der Waals surface area (Å²) in [6.45, 7) is 4.37. The molecule has 30 heavy (non-hydrogen) atoms. The lowest BCUT2D eigenvalue weighted by molar-refractivity contribution is 0.245. The standard InChI is InChI=1S/C24H27N5S/c1-16-14-20(17(2)28(16)19-10-7-12-25-15-19)23-22(21-11-5-6-13-26-21)27-24(30)29(23)18-8-3-4-9-18/h5-7,10-15,18,22-23H,3-4,8-9H2,1-2H3,(H,27,30). The Morgan fingerprint density at radius 3 is 2.60 bits per heavy atom. The molecule has 0 spiro atoms. The largest absolute Gasteiger partial charge is 0.352 e. The lowest BCUT2D eigenvalue weighted by Crippen LogP contribution is -2.37. The molecule has 1 saturated heterocycles. The van der Waals surface area contributed by atoms with Crippen LogP contribution in [0.1, 0.15) is 60.4 Å². The molecule has 1 aliphatic carbocycles. The Bertz CT molecular complexity index is 1040. The van der Waals surface area contributed by atoms with E-state index in [9.17, 15) is 0 Å². The molecule has 3 aromatic rings. The van der Waals surface area contributed by atoms with Crippen molar-refractivity contribution < 1.29 is 0 Å². The van der Waals surface area contributed by atoms with Crippen LogP contribution in [0.2, 0.25) is 0 Å². The maximum atomic E-state index is 5.88. The van der Waals surface area contributed by atoms with Crippen LogP contribution < -0.4 is 5.32 Å². The van der Waals surface area contributed by atoms with E-state index in [1.165, 1.54) is 42.6 Å². The number of nitrogens with one attached hydrogen (secondary N) is 1. The van der Waals surface area contributed by atoms with Crippen molar-refractivity contribution in [3.05, 3.63) is 77.6 Å². The maximum Gasteiger partial charge on any atom is 0.170 e. The van der Waals surface area contributed by atoms with E-state index in [1.54, 1.807) is 0 Å². The van der Waals surface area contributed by atoms with Crippen molar-refractivity contribution in [1.29, 1.82) is 0 Å². The Morgan fingerprint density at radius 1 is 1.07 bits per heavy atom. The number of nitrogens with zero attached hydrogens (tertiary/aromatic N) is 4. The molecule has 3 aromatic heterocycles. The molecule has 2 atom stereocenters. The summed E-state index contributed by atoms with van der Waals surface area (Å²) in [5.74, 6) is 0. The van der Waals surface area contributed by atoms with Crippen LogP contribution in [0.15, 0.2) is 55.0 Å². The van der Waals surface area contributed by atoms with Gasteiger partial charge in [0, 0.05) is 29.8 Å². The zero-order valence-corrected chi connectivity index (χ0v) is 18.3. The molecule has 5 rings (SSSR count). The van der Waals surface area contributed by atoms with Crippen molar-refractivity contribution in [2.24, 2.45) is 0 Å². The quantitative estimate of drug-likeness (QED) is 0.618. The third-order valence-corrected chi connectivity index (χ3v) is 6.88. The zero-order chi connectivity index (χ0) is 20.7. The van der Waals surface area contributed by atoms with Gasteiger partial charge >= 0.3 is 0 Å². The Kier molecular flexibility index (Phi) is 5.03. The van der Waals surface area contributed by atoms with Gasteiger partial charge in [-0.25, -0.2) is 0 Å². The summed E-state index contributed by atoms with van der Waals surface area (Å²) in [6, 6.07) is 13.2. The topological polar surface area (TPSA) is 46.0 Å². The minimum absolute atomic E-state index is 0.0437. The molecule has 1 saturated carbocycles. The van der Waals surface area contributed by atoms with Gasteiger partial charge in [0.1, 0.15) is 0 Å². The van der Waals surface area contributed by atoms with Gasteiger partial charge in [0.25, 0.3) is 0 Å². The highest BCUT2D eigenvalue weighted by Crippen LogP contribution is 2.44. The second-order valence-electron chi connectivity index (χ2n) is 8.35. The summed E-state index contributed by atoms with van der Waals surface area (Å²) < 4.78 is 2.30. The fourth-order valence-electron chi connectivity index (χ4n) is 5.24. The van der Waals surface area contributed by atoms with Crippen molar-refractivity contribution in [2.75, 3.05) is 0 Å². The number of hydrogen-bond donors (Lipinski definition) is 1. The van der Waals surface area contributed by atoms with Crippen molar-refractivity contribution in [3.8, 4) is 5.69 Å². The van der Waals surface area contributed by atoms with Crippen LogP contribution in [0.25, 0.3) is 5.69 Å². The Hall–Kier alpha value is -2.73. The van der Waals surface area contributed by atoms with Crippen molar-refractivity contribution in [3.63, 3.8) is 0 Å². The molecule has 1 N–H and O–H groups in total. The number of pyridine rings is 2. The first-order valence-electron chi connectivity index (χ1n) is 10.7. The van der Waals surface area contributed by atoms with Crippen LogP contribution >= 0.6 is 12.2 Å². The van der Waals surface area contributed by atoms with Crippen molar-refractivity contribution >= 4 is 17.3 Å². The van der Waals surface area contributed by atoms with Crippen molar-refractivity contribution in [1.82, 2.24) is 24.8 Å². The molecule has 0 radical (unpaired) electrons. The average Bonchev–Trinajstić information content (AvgIpc) is 3.47. The Morgan fingerprint density at radius 2 is 1.90 bits per heavy atom. The van der Waals surface area contributed by atoms with Gasteiger partial charge in [-0.1, -0.05) is 18.9 Å². The van der Waals surface area contributed by atoms with Crippen LogP contribution in [-0.2, 0) is 0 Å². The summed E-state index contributed by atoms with van der Waals surface area (Å²) in [5, 5.41) is 4.47. The van der Waals surface area contributed by atoms with Gasteiger partial charge in [0.2, 0.25) is 0 Å². The number of aromatic nitrogens is 3. The second kappa shape index (κ2) is 7.84. The molecule has 154 valence electrons. The number of thiocarbonyl (C=S) groups is 1. The van der Waals surface area contributed by atoms with E-state index in [0.29, 0.717) is 6.04 Å². The molecule has 2 unspecified atom stereocenters. The predicted octanol–water partition coefficient (Wildman–Crippen LogP) is 4.80. The molecule has 0 amide bonds. The molecule has 6 heteroatoms. The minimum Gasteiger partial charge on any atom is -0.352 e. The normalized spacial score (nSPS) is 21.9. The zero-order valence-electron chi connectivity index (χ0n) is 17.5. The van der Waals surface area contributed by atoms with Gasteiger partial charge in [-0.2, -0.15) is 0 Å². The van der Waals surface area contributed by atoms with Gasteiger partial charge < -0.3 is 14.8 Å². The van der Waals surface area contributed by atoms with E-state index in [-0.39, 0.29) is 12.1 Å². The number of hydrogen-bond acceptors (Lipinski definition) is 3. The lowest BCUT2D eigenvalue weighted by Gasteiger charge is -2.33. The summed E-state index contributed by atoms with van der Waals surface area (Å²) in [7, 11) is 0. The molecule has 5 nitrogen and oxygen atoms in total. The van der Waals surface area contributed by atoms with Crippen molar-refractivity contribution in [2.45, 2.75) is 57.7 Å². The van der Waals surface area contributed by atoms with E-state index < -0.39 is 0 Å². The molecular weight excluding hydrogens is 390 g/mol.